The van der Waals surface area contributed by atoms with Crippen LogP contribution in [0.1, 0.15) is 18.7 Å². The minimum absolute atomic E-state index is 0.158. The molecular weight excluding hydrogens is 236 g/mol. The first-order valence-corrected chi connectivity index (χ1v) is 5.85. The molecule has 0 amide bonds. The molecule has 1 aliphatic heterocycles. The number of rotatable bonds is 4. The molecule has 0 aromatic carbocycles. The molecule has 0 unspecified atom stereocenters. The van der Waals surface area contributed by atoms with Crippen molar-refractivity contribution in [3.05, 3.63) is 44.8 Å². The third-order valence-corrected chi connectivity index (χ3v) is 2.71. The second kappa shape index (κ2) is 5.32. The number of aromatic nitrogens is 2. The molecule has 0 bridgehead atoms. The van der Waals surface area contributed by atoms with E-state index < -0.39 is 11.9 Å². The van der Waals surface area contributed by atoms with Crippen LogP contribution in [0.4, 0.5) is 0 Å². The maximum Gasteiger partial charge on any atom is 0.330 e. The van der Waals surface area contributed by atoms with Crippen molar-refractivity contribution >= 4 is 0 Å². The highest BCUT2D eigenvalue weighted by molar-refractivity contribution is 5.06. The van der Waals surface area contributed by atoms with Crippen LogP contribution in [-0.4, -0.2) is 28.9 Å². The largest absolute Gasteiger partial charge is 0.379 e. The normalized spacial score (nSPS) is 22.6. The van der Waals surface area contributed by atoms with E-state index in [9.17, 15) is 9.59 Å². The molecule has 1 aromatic heterocycles. The molecule has 0 saturated heterocycles. The van der Waals surface area contributed by atoms with Gasteiger partial charge in [0.05, 0.1) is 6.61 Å². The van der Waals surface area contributed by atoms with Crippen LogP contribution in [-0.2, 0) is 9.47 Å². The van der Waals surface area contributed by atoms with E-state index in [0.29, 0.717) is 18.8 Å². The minimum Gasteiger partial charge on any atom is -0.379 e. The Morgan fingerprint density at radius 3 is 2.94 bits per heavy atom. The summed E-state index contributed by atoms with van der Waals surface area (Å²) < 4.78 is 12.2. The number of aromatic amines is 1. The highest BCUT2D eigenvalue weighted by Gasteiger charge is 2.21. The number of aryl methyl sites for hydroxylation is 1. The summed E-state index contributed by atoms with van der Waals surface area (Å²) in [5.74, 6) is 0. The molecular formula is C12H16N2O4. The average molecular weight is 252 g/mol. The van der Waals surface area contributed by atoms with Crippen LogP contribution in [0.3, 0.4) is 0 Å². The molecule has 1 aromatic rings. The summed E-state index contributed by atoms with van der Waals surface area (Å²) >= 11 is 0. The monoisotopic (exact) mass is 252 g/mol. The van der Waals surface area contributed by atoms with E-state index in [-0.39, 0.29) is 11.7 Å². The van der Waals surface area contributed by atoms with Gasteiger partial charge in [-0.05, 0) is 19.9 Å². The van der Waals surface area contributed by atoms with Gasteiger partial charge in [-0.1, -0.05) is 6.08 Å². The van der Waals surface area contributed by atoms with Crippen molar-refractivity contribution in [3.63, 3.8) is 0 Å². The lowest BCUT2D eigenvalue weighted by Crippen LogP contribution is -2.33. The molecule has 0 aliphatic carbocycles. The van der Waals surface area contributed by atoms with E-state index in [1.54, 1.807) is 13.0 Å². The summed E-state index contributed by atoms with van der Waals surface area (Å²) in [5, 5.41) is 0. The lowest BCUT2D eigenvalue weighted by Gasteiger charge is -2.16. The Morgan fingerprint density at radius 2 is 2.22 bits per heavy atom. The summed E-state index contributed by atoms with van der Waals surface area (Å²) in [7, 11) is 0. The smallest absolute Gasteiger partial charge is 0.330 e. The average Bonchev–Trinajstić information content (AvgIpc) is 2.79. The molecule has 18 heavy (non-hydrogen) atoms. The van der Waals surface area contributed by atoms with Gasteiger partial charge in [-0.3, -0.25) is 14.3 Å². The first-order valence-electron chi connectivity index (χ1n) is 5.85. The van der Waals surface area contributed by atoms with Gasteiger partial charge in [0.15, 0.2) is 6.23 Å². The number of ether oxygens (including phenoxy) is 2. The van der Waals surface area contributed by atoms with E-state index in [1.807, 2.05) is 13.0 Å². The topological polar surface area (TPSA) is 73.3 Å². The molecule has 2 heterocycles. The predicted molar refractivity (Wildman–Crippen MR) is 65.6 cm³/mol. The Morgan fingerprint density at radius 1 is 1.44 bits per heavy atom. The quantitative estimate of drug-likeness (QED) is 0.784. The Hall–Kier alpha value is -1.66. The lowest BCUT2D eigenvalue weighted by atomic mass is 10.3. The van der Waals surface area contributed by atoms with E-state index in [2.05, 4.69) is 4.98 Å². The van der Waals surface area contributed by atoms with Gasteiger partial charge < -0.3 is 9.47 Å². The van der Waals surface area contributed by atoms with Crippen molar-refractivity contribution in [2.24, 2.45) is 0 Å². The summed E-state index contributed by atoms with van der Waals surface area (Å²) in [5.41, 5.74) is -0.374. The third kappa shape index (κ3) is 2.60. The maximum atomic E-state index is 11.7. The number of hydrogen-bond donors (Lipinski definition) is 1. The Labute approximate surface area is 104 Å². The van der Waals surface area contributed by atoms with Gasteiger partial charge in [-0.2, -0.15) is 0 Å². The predicted octanol–water partition coefficient (Wildman–Crippen LogP) is 0.335. The second-order valence-electron chi connectivity index (χ2n) is 4.09. The molecule has 2 atom stereocenters. The van der Waals surface area contributed by atoms with Gasteiger partial charge in [0.25, 0.3) is 5.56 Å². The second-order valence-corrected chi connectivity index (χ2v) is 4.09. The number of nitrogens with zero attached hydrogens (tertiary/aromatic N) is 1. The Kier molecular flexibility index (Phi) is 3.78. The van der Waals surface area contributed by atoms with Crippen LogP contribution in [0.15, 0.2) is 27.9 Å². The van der Waals surface area contributed by atoms with Gasteiger partial charge >= 0.3 is 5.69 Å². The van der Waals surface area contributed by atoms with Gasteiger partial charge in [-0.15, -0.1) is 0 Å². The fourth-order valence-electron chi connectivity index (χ4n) is 1.75. The fraction of sp³-hybridized carbons (Fsp3) is 0.500. The third-order valence-electron chi connectivity index (χ3n) is 2.71. The summed E-state index contributed by atoms with van der Waals surface area (Å²) in [6.45, 7) is 4.63. The van der Waals surface area contributed by atoms with Crippen molar-refractivity contribution in [1.29, 1.82) is 0 Å². The van der Waals surface area contributed by atoms with Crippen LogP contribution < -0.4 is 11.2 Å². The molecule has 1 aliphatic rings. The summed E-state index contributed by atoms with van der Waals surface area (Å²) in [4.78, 5) is 25.2. The SMILES string of the molecule is CCOC[C@@H]1C=C[C@H](n2cc(C)c(=O)[nH]c2=O)O1. The maximum absolute atomic E-state index is 11.7. The van der Waals surface area contributed by atoms with Gasteiger partial charge in [0.1, 0.15) is 6.10 Å². The van der Waals surface area contributed by atoms with Crippen LogP contribution >= 0.6 is 0 Å². The highest BCUT2D eigenvalue weighted by Crippen LogP contribution is 2.19. The van der Waals surface area contributed by atoms with Crippen molar-refractivity contribution < 1.29 is 9.47 Å². The minimum atomic E-state index is -0.487. The zero-order chi connectivity index (χ0) is 13.1. The van der Waals surface area contributed by atoms with Crippen LogP contribution in [0.5, 0.6) is 0 Å². The van der Waals surface area contributed by atoms with Gasteiger partial charge in [-0.25, -0.2) is 4.79 Å². The molecule has 2 rings (SSSR count). The van der Waals surface area contributed by atoms with Crippen LogP contribution in [0.25, 0.3) is 0 Å². The van der Waals surface area contributed by atoms with Crippen molar-refractivity contribution in [2.75, 3.05) is 13.2 Å². The zero-order valence-corrected chi connectivity index (χ0v) is 10.4. The van der Waals surface area contributed by atoms with E-state index in [0.717, 1.165) is 0 Å². The van der Waals surface area contributed by atoms with Crippen molar-refractivity contribution in [3.8, 4) is 0 Å². The highest BCUT2D eigenvalue weighted by atomic mass is 16.5. The molecule has 0 spiro atoms. The van der Waals surface area contributed by atoms with E-state index in [4.69, 9.17) is 9.47 Å². The van der Waals surface area contributed by atoms with E-state index >= 15 is 0 Å². The Bertz CT molecular complexity index is 558. The first-order chi connectivity index (χ1) is 8.61. The van der Waals surface area contributed by atoms with Gasteiger partial charge in [0.2, 0.25) is 0 Å². The molecule has 6 nitrogen and oxygen atoms in total. The standard InChI is InChI=1S/C12H16N2O4/c1-3-17-7-9-4-5-10(18-9)14-6-8(2)11(15)13-12(14)16/h4-6,9-10H,3,7H2,1-2H3,(H,13,15,16)/t9-,10+/m0/s1. The van der Waals surface area contributed by atoms with Crippen LogP contribution in [0.2, 0.25) is 0 Å². The summed E-state index contributed by atoms with van der Waals surface area (Å²) in [6, 6.07) is 0. The fourth-order valence-corrected chi connectivity index (χ4v) is 1.75. The molecule has 0 radical (unpaired) electrons. The van der Waals surface area contributed by atoms with Gasteiger partial charge in [0, 0.05) is 18.4 Å². The van der Waals surface area contributed by atoms with Crippen LogP contribution in [0, 0.1) is 6.92 Å². The molecule has 1 N–H and O–H groups in total. The molecule has 6 heteroatoms. The molecule has 0 fully saturated rings. The first kappa shape index (κ1) is 12.8. The van der Waals surface area contributed by atoms with Crippen molar-refractivity contribution in [2.45, 2.75) is 26.2 Å². The van der Waals surface area contributed by atoms with E-state index in [1.165, 1.54) is 10.8 Å². The van der Waals surface area contributed by atoms with Crippen molar-refractivity contribution in [1.82, 2.24) is 9.55 Å². The molecule has 0 saturated carbocycles. The zero-order valence-electron chi connectivity index (χ0n) is 10.4. The number of hydrogen-bond acceptors (Lipinski definition) is 4. The number of nitrogens with one attached hydrogen (secondary N) is 1. The summed E-state index contributed by atoms with van der Waals surface area (Å²) in [6.07, 6.45) is 4.49. The number of H-pyrrole nitrogens is 1. The lowest BCUT2D eigenvalue weighted by molar-refractivity contribution is -0.0283. The molecule has 98 valence electrons. The Balaban J connectivity index is 2.15.